The van der Waals surface area contributed by atoms with E-state index >= 15 is 0 Å². The summed E-state index contributed by atoms with van der Waals surface area (Å²) in [6.07, 6.45) is 0.763. The zero-order valence-corrected chi connectivity index (χ0v) is 12.7. The lowest BCUT2D eigenvalue weighted by Crippen LogP contribution is -2.47. The Morgan fingerprint density at radius 2 is 1.95 bits per heavy atom. The third-order valence-electron chi connectivity index (χ3n) is 4.10. The molecule has 1 aromatic carbocycles. The molecule has 0 saturated heterocycles. The molecule has 0 spiro atoms. The number of nitrogens with zero attached hydrogens (tertiary/aromatic N) is 1. The smallest absolute Gasteiger partial charge is 0.335 e. The number of benzene rings is 1. The standard InChI is InChI=1S/C16H22N2O3/c1-10(2)11(3)17-16(21)18-7-6-12-4-5-13(15(19)20)8-14(12)9-18/h4-5,8,10-11H,6-7,9H2,1-3H3,(H,17,21)(H,19,20). The monoisotopic (exact) mass is 290 g/mol. The number of aromatic carboxylic acids is 1. The first-order chi connectivity index (χ1) is 9.88. The lowest BCUT2D eigenvalue weighted by atomic mass is 9.97. The Bertz CT molecular complexity index is 554. The van der Waals surface area contributed by atoms with E-state index in [-0.39, 0.29) is 17.6 Å². The molecule has 0 aromatic heterocycles. The maximum absolute atomic E-state index is 12.2. The molecule has 2 amide bonds. The van der Waals surface area contributed by atoms with Gasteiger partial charge in [-0.05, 0) is 42.5 Å². The van der Waals surface area contributed by atoms with E-state index in [2.05, 4.69) is 19.2 Å². The van der Waals surface area contributed by atoms with Crippen molar-refractivity contribution in [3.05, 3.63) is 34.9 Å². The first-order valence-electron chi connectivity index (χ1n) is 7.29. The number of hydrogen-bond acceptors (Lipinski definition) is 2. The van der Waals surface area contributed by atoms with Gasteiger partial charge in [0.15, 0.2) is 0 Å². The lowest BCUT2D eigenvalue weighted by molar-refractivity contribution is 0.0696. The molecule has 1 unspecified atom stereocenters. The Balaban J connectivity index is 2.09. The minimum Gasteiger partial charge on any atom is -0.478 e. The van der Waals surface area contributed by atoms with E-state index in [1.807, 2.05) is 13.0 Å². The Hall–Kier alpha value is -2.04. The highest BCUT2D eigenvalue weighted by molar-refractivity contribution is 5.88. The molecule has 21 heavy (non-hydrogen) atoms. The molecular weight excluding hydrogens is 268 g/mol. The molecule has 1 aliphatic heterocycles. The van der Waals surface area contributed by atoms with Gasteiger partial charge in [0.25, 0.3) is 0 Å². The summed E-state index contributed by atoms with van der Waals surface area (Å²) in [5.41, 5.74) is 2.32. The number of carboxylic acid groups (broad SMARTS) is 1. The summed E-state index contributed by atoms with van der Waals surface area (Å²) >= 11 is 0. The molecule has 0 fully saturated rings. The van der Waals surface area contributed by atoms with Crippen LogP contribution in [0.5, 0.6) is 0 Å². The van der Waals surface area contributed by atoms with E-state index in [9.17, 15) is 9.59 Å². The van der Waals surface area contributed by atoms with Crippen LogP contribution in [0, 0.1) is 5.92 Å². The van der Waals surface area contributed by atoms with Crippen molar-refractivity contribution in [1.29, 1.82) is 0 Å². The van der Waals surface area contributed by atoms with Gasteiger partial charge in [0.05, 0.1) is 5.56 Å². The quantitative estimate of drug-likeness (QED) is 0.898. The van der Waals surface area contributed by atoms with Crippen molar-refractivity contribution in [3.8, 4) is 0 Å². The van der Waals surface area contributed by atoms with Crippen LogP contribution in [0.25, 0.3) is 0 Å². The van der Waals surface area contributed by atoms with E-state index in [4.69, 9.17) is 5.11 Å². The van der Waals surface area contributed by atoms with Gasteiger partial charge >= 0.3 is 12.0 Å². The molecule has 0 saturated carbocycles. The van der Waals surface area contributed by atoms with Gasteiger partial charge in [-0.2, -0.15) is 0 Å². The number of carbonyl (C=O) groups excluding carboxylic acids is 1. The van der Waals surface area contributed by atoms with Crippen LogP contribution in [0.1, 0.15) is 42.3 Å². The van der Waals surface area contributed by atoms with E-state index in [1.165, 1.54) is 0 Å². The fraction of sp³-hybridized carbons (Fsp3) is 0.500. The summed E-state index contributed by atoms with van der Waals surface area (Å²) in [4.78, 5) is 25.0. The van der Waals surface area contributed by atoms with Crippen molar-refractivity contribution < 1.29 is 14.7 Å². The zero-order chi connectivity index (χ0) is 15.6. The molecule has 1 aromatic rings. The molecule has 1 atom stereocenters. The van der Waals surface area contributed by atoms with Gasteiger partial charge in [-0.25, -0.2) is 9.59 Å². The molecule has 0 aliphatic carbocycles. The number of urea groups is 1. The Kier molecular flexibility index (Phi) is 4.50. The summed E-state index contributed by atoms with van der Waals surface area (Å²) < 4.78 is 0. The van der Waals surface area contributed by atoms with Crippen molar-refractivity contribution in [2.24, 2.45) is 5.92 Å². The maximum Gasteiger partial charge on any atom is 0.335 e. The van der Waals surface area contributed by atoms with Gasteiger partial charge < -0.3 is 15.3 Å². The summed E-state index contributed by atoms with van der Waals surface area (Å²) in [6.45, 7) is 7.25. The molecule has 0 bridgehead atoms. The summed E-state index contributed by atoms with van der Waals surface area (Å²) in [5.74, 6) is -0.558. The average molecular weight is 290 g/mol. The molecule has 5 nitrogen and oxygen atoms in total. The number of nitrogens with one attached hydrogen (secondary N) is 1. The van der Waals surface area contributed by atoms with Gasteiger partial charge in [0, 0.05) is 19.1 Å². The summed E-state index contributed by atoms with van der Waals surface area (Å²) in [7, 11) is 0. The SMILES string of the molecule is CC(C)C(C)NC(=O)N1CCc2ccc(C(=O)O)cc2C1. The predicted molar refractivity (Wildman–Crippen MR) is 80.3 cm³/mol. The fourth-order valence-corrected chi connectivity index (χ4v) is 2.32. The Morgan fingerprint density at radius 1 is 1.24 bits per heavy atom. The van der Waals surface area contributed by atoms with Gasteiger partial charge in [0.2, 0.25) is 0 Å². The Labute approximate surface area is 125 Å². The van der Waals surface area contributed by atoms with Crippen molar-refractivity contribution in [2.45, 2.75) is 39.8 Å². The van der Waals surface area contributed by atoms with Gasteiger partial charge in [0.1, 0.15) is 0 Å². The van der Waals surface area contributed by atoms with E-state index in [1.54, 1.807) is 17.0 Å². The largest absolute Gasteiger partial charge is 0.478 e. The van der Waals surface area contributed by atoms with Crippen LogP contribution >= 0.6 is 0 Å². The first kappa shape index (κ1) is 15.4. The number of carboxylic acids is 1. The van der Waals surface area contributed by atoms with Crippen LogP contribution in [-0.4, -0.2) is 34.6 Å². The highest BCUT2D eigenvalue weighted by Gasteiger charge is 2.23. The molecule has 114 valence electrons. The van der Waals surface area contributed by atoms with Crippen molar-refractivity contribution in [3.63, 3.8) is 0 Å². The van der Waals surface area contributed by atoms with Crippen LogP contribution in [0.3, 0.4) is 0 Å². The summed E-state index contributed by atoms with van der Waals surface area (Å²) in [6, 6.07) is 5.18. The van der Waals surface area contributed by atoms with E-state index in [0.29, 0.717) is 19.0 Å². The molecule has 1 heterocycles. The van der Waals surface area contributed by atoms with Crippen molar-refractivity contribution >= 4 is 12.0 Å². The van der Waals surface area contributed by atoms with Gasteiger partial charge in [-0.1, -0.05) is 19.9 Å². The number of amides is 2. The van der Waals surface area contributed by atoms with Crippen molar-refractivity contribution in [2.75, 3.05) is 6.54 Å². The molecule has 5 heteroatoms. The first-order valence-corrected chi connectivity index (χ1v) is 7.29. The maximum atomic E-state index is 12.2. The van der Waals surface area contributed by atoms with Crippen LogP contribution in [0.15, 0.2) is 18.2 Å². The van der Waals surface area contributed by atoms with Crippen molar-refractivity contribution in [1.82, 2.24) is 10.2 Å². The highest BCUT2D eigenvalue weighted by atomic mass is 16.4. The second-order valence-electron chi connectivity index (χ2n) is 5.94. The zero-order valence-electron chi connectivity index (χ0n) is 12.7. The highest BCUT2D eigenvalue weighted by Crippen LogP contribution is 2.20. The number of rotatable bonds is 3. The third-order valence-corrected chi connectivity index (χ3v) is 4.10. The normalized spacial score (nSPS) is 15.5. The second-order valence-corrected chi connectivity index (χ2v) is 5.94. The molecule has 0 radical (unpaired) electrons. The third kappa shape index (κ3) is 3.54. The van der Waals surface area contributed by atoms with Crippen LogP contribution in [0.2, 0.25) is 0 Å². The minimum absolute atomic E-state index is 0.0809. The number of carbonyl (C=O) groups is 2. The molecule has 1 aliphatic rings. The van der Waals surface area contributed by atoms with Crippen LogP contribution in [-0.2, 0) is 13.0 Å². The fourth-order valence-electron chi connectivity index (χ4n) is 2.32. The number of hydrogen-bond donors (Lipinski definition) is 2. The average Bonchev–Trinajstić information content (AvgIpc) is 2.45. The molecule has 2 rings (SSSR count). The minimum atomic E-state index is -0.937. The lowest BCUT2D eigenvalue weighted by Gasteiger charge is -2.31. The number of fused-ring (bicyclic) bond motifs is 1. The summed E-state index contributed by atoms with van der Waals surface area (Å²) in [5, 5.41) is 12.0. The topological polar surface area (TPSA) is 69.6 Å². The second kappa shape index (κ2) is 6.16. The predicted octanol–water partition coefficient (Wildman–Crippen LogP) is 2.50. The van der Waals surface area contributed by atoms with Crippen LogP contribution < -0.4 is 5.32 Å². The van der Waals surface area contributed by atoms with Crippen LogP contribution in [0.4, 0.5) is 4.79 Å². The van der Waals surface area contributed by atoms with Gasteiger partial charge in [-0.3, -0.25) is 0 Å². The Morgan fingerprint density at radius 3 is 2.57 bits per heavy atom. The molecule has 2 N–H and O–H groups in total. The molecular formula is C16H22N2O3. The van der Waals surface area contributed by atoms with Gasteiger partial charge in [-0.15, -0.1) is 0 Å². The van der Waals surface area contributed by atoms with E-state index in [0.717, 1.165) is 17.5 Å². The van der Waals surface area contributed by atoms with E-state index < -0.39 is 5.97 Å².